The molecule has 1 aromatic rings. The molecule has 0 saturated heterocycles. The molecule has 0 aromatic heterocycles. The van der Waals surface area contributed by atoms with Crippen LogP contribution in [0.4, 0.5) is 4.39 Å². The van der Waals surface area contributed by atoms with Crippen LogP contribution in [0.2, 0.25) is 0 Å². The smallest absolute Gasteiger partial charge is 0.337 e. The van der Waals surface area contributed by atoms with Gasteiger partial charge in [0, 0.05) is 5.56 Å². The van der Waals surface area contributed by atoms with Crippen LogP contribution in [0.1, 0.15) is 20.7 Å². The van der Waals surface area contributed by atoms with Crippen LogP contribution in [-0.4, -0.2) is 25.5 Å². The molecule has 4 heteroatoms. The number of ketones is 1. The Labute approximate surface area is 80.5 Å². The molecule has 0 atom stereocenters. The van der Waals surface area contributed by atoms with Gasteiger partial charge in [0.1, 0.15) is 0 Å². The van der Waals surface area contributed by atoms with Gasteiger partial charge in [0.25, 0.3) is 0 Å². The van der Waals surface area contributed by atoms with E-state index in [4.69, 9.17) is 0 Å². The maximum Gasteiger partial charge on any atom is 0.337 e. The van der Waals surface area contributed by atoms with Crippen molar-refractivity contribution in [2.45, 2.75) is 0 Å². The highest BCUT2D eigenvalue weighted by Crippen LogP contribution is 2.06. The second-order valence-electron chi connectivity index (χ2n) is 2.63. The van der Waals surface area contributed by atoms with Crippen LogP contribution < -0.4 is 0 Å². The van der Waals surface area contributed by atoms with E-state index in [2.05, 4.69) is 4.74 Å². The second kappa shape index (κ2) is 4.50. The molecule has 0 aliphatic heterocycles. The van der Waals surface area contributed by atoms with Gasteiger partial charge >= 0.3 is 5.97 Å². The quantitative estimate of drug-likeness (QED) is 0.545. The van der Waals surface area contributed by atoms with Crippen molar-refractivity contribution in [3.8, 4) is 0 Å². The van der Waals surface area contributed by atoms with Crippen LogP contribution in [0, 0.1) is 0 Å². The van der Waals surface area contributed by atoms with Crippen LogP contribution in [0.5, 0.6) is 0 Å². The fourth-order valence-electron chi connectivity index (χ4n) is 0.987. The Bertz CT molecular complexity index is 308. The minimum absolute atomic E-state index is 0.250. The number of hydrogen-bond donors (Lipinski definition) is 0. The Morgan fingerprint density at radius 3 is 2.14 bits per heavy atom. The lowest BCUT2D eigenvalue weighted by atomic mass is 10.1. The average molecular weight is 196 g/mol. The van der Waals surface area contributed by atoms with Gasteiger partial charge in [0.2, 0.25) is 0 Å². The van der Waals surface area contributed by atoms with E-state index < -0.39 is 18.4 Å². The molecule has 1 rings (SSSR count). The first-order valence-corrected chi connectivity index (χ1v) is 3.96. The molecule has 0 unspecified atom stereocenters. The van der Waals surface area contributed by atoms with Crippen molar-refractivity contribution in [1.29, 1.82) is 0 Å². The van der Waals surface area contributed by atoms with Crippen molar-refractivity contribution in [1.82, 2.24) is 0 Å². The van der Waals surface area contributed by atoms with Gasteiger partial charge in [-0.1, -0.05) is 12.1 Å². The minimum atomic E-state index is -1.03. The molecule has 0 bridgehead atoms. The fourth-order valence-corrected chi connectivity index (χ4v) is 0.987. The first kappa shape index (κ1) is 10.4. The predicted octanol–water partition coefficient (Wildman–Crippen LogP) is 1.63. The van der Waals surface area contributed by atoms with Crippen LogP contribution >= 0.6 is 0 Å². The lowest BCUT2D eigenvalue weighted by Crippen LogP contribution is -2.04. The molecule has 0 fully saturated rings. The van der Waals surface area contributed by atoms with E-state index in [0.717, 1.165) is 0 Å². The summed E-state index contributed by atoms with van der Waals surface area (Å²) in [6.45, 7) is -1.03. The number of alkyl halides is 1. The largest absolute Gasteiger partial charge is 0.465 e. The standard InChI is InChI=1S/C10H9FO3/c1-14-10(13)8-4-2-7(3-5-8)9(12)6-11/h2-5H,6H2,1H3. The molecule has 0 amide bonds. The molecule has 0 radical (unpaired) electrons. The van der Waals surface area contributed by atoms with E-state index in [1.54, 1.807) is 0 Å². The highest BCUT2D eigenvalue weighted by atomic mass is 19.1. The van der Waals surface area contributed by atoms with E-state index >= 15 is 0 Å². The minimum Gasteiger partial charge on any atom is -0.465 e. The normalized spacial score (nSPS) is 9.57. The topological polar surface area (TPSA) is 43.4 Å². The van der Waals surface area contributed by atoms with E-state index in [1.165, 1.54) is 31.4 Å². The van der Waals surface area contributed by atoms with Crippen molar-refractivity contribution in [3.63, 3.8) is 0 Å². The average Bonchev–Trinajstić information content (AvgIpc) is 2.27. The Morgan fingerprint density at radius 1 is 1.21 bits per heavy atom. The molecular formula is C10H9FO3. The summed E-state index contributed by atoms with van der Waals surface area (Å²) in [4.78, 5) is 21.9. The van der Waals surface area contributed by atoms with Gasteiger partial charge < -0.3 is 4.74 Å². The first-order chi connectivity index (χ1) is 6.69. The molecule has 1 aromatic carbocycles. The van der Waals surface area contributed by atoms with Crippen molar-refractivity contribution in [2.75, 3.05) is 13.8 Å². The van der Waals surface area contributed by atoms with E-state index in [0.29, 0.717) is 5.56 Å². The second-order valence-corrected chi connectivity index (χ2v) is 2.63. The fraction of sp³-hybridized carbons (Fsp3) is 0.200. The van der Waals surface area contributed by atoms with Gasteiger partial charge in [-0.3, -0.25) is 4.79 Å². The summed E-state index contributed by atoms with van der Waals surface area (Å²) < 4.78 is 16.4. The third-order valence-corrected chi connectivity index (χ3v) is 1.75. The number of halogens is 1. The zero-order valence-corrected chi connectivity index (χ0v) is 7.62. The van der Waals surface area contributed by atoms with E-state index in [-0.39, 0.29) is 5.56 Å². The maximum atomic E-state index is 12.0. The van der Waals surface area contributed by atoms with Crippen molar-refractivity contribution < 1.29 is 18.7 Å². The molecule has 3 nitrogen and oxygen atoms in total. The SMILES string of the molecule is COC(=O)c1ccc(C(=O)CF)cc1. The number of Topliss-reactive ketones (excluding diaryl/α,β-unsaturated/α-hetero) is 1. The number of carbonyl (C=O) groups excluding carboxylic acids is 2. The third kappa shape index (κ3) is 2.16. The van der Waals surface area contributed by atoms with Gasteiger partial charge in [-0.15, -0.1) is 0 Å². The van der Waals surface area contributed by atoms with Crippen molar-refractivity contribution in [2.24, 2.45) is 0 Å². The summed E-state index contributed by atoms with van der Waals surface area (Å²) in [7, 11) is 1.27. The monoisotopic (exact) mass is 196 g/mol. The van der Waals surface area contributed by atoms with Crippen LogP contribution in [0.25, 0.3) is 0 Å². The molecule has 74 valence electrons. The van der Waals surface area contributed by atoms with Gasteiger partial charge in [-0.05, 0) is 12.1 Å². The lowest BCUT2D eigenvalue weighted by Gasteiger charge is -1.99. The highest BCUT2D eigenvalue weighted by molar-refractivity contribution is 5.98. The zero-order chi connectivity index (χ0) is 10.6. The number of esters is 1. The maximum absolute atomic E-state index is 12.0. The summed E-state index contributed by atoms with van der Waals surface area (Å²) in [6, 6.07) is 5.64. The van der Waals surface area contributed by atoms with E-state index in [9.17, 15) is 14.0 Å². The molecule has 0 saturated carbocycles. The number of hydrogen-bond acceptors (Lipinski definition) is 3. The molecular weight excluding hydrogens is 187 g/mol. The van der Waals surface area contributed by atoms with Crippen LogP contribution in [0.3, 0.4) is 0 Å². The number of benzene rings is 1. The zero-order valence-electron chi connectivity index (χ0n) is 7.62. The summed E-state index contributed by atoms with van der Waals surface area (Å²) in [5, 5.41) is 0. The Hall–Kier alpha value is -1.71. The predicted molar refractivity (Wildman–Crippen MR) is 48.1 cm³/mol. The van der Waals surface area contributed by atoms with Crippen molar-refractivity contribution in [3.05, 3.63) is 35.4 Å². The molecule has 0 N–H and O–H groups in total. The number of ether oxygens (including phenoxy) is 1. The van der Waals surface area contributed by atoms with Crippen LogP contribution in [0.15, 0.2) is 24.3 Å². The Balaban J connectivity index is 2.89. The molecule has 0 heterocycles. The van der Waals surface area contributed by atoms with Gasteiger partial charge in [0.05, 0.1) is 12.7 Å². The number of carbonyl (C=O) groups is 2. The number of methoxy groups -OCH3 is 1. The molecule has 0 spiro atoms. The van der Waals surface area contributed by atoms with Gasteiger partial charge in [-0.25, -0.2) is 9.18 Å². The summed E-state index contributed by atoms with van der Waals surface area (Å²) >= 11 is 0. The van der Waals surface area contributed by atoms with Crippen molar-refractivity contribution >= 4 is 11.8 Å². The summed E-state index contributed by atoms with van der Waals surface area (Å²) in [5.74, 6) is -1.08. The molecule has 14 heavy (non-hydrogen) atoms. The molecule has 0 aliphatic carbocycles. The number of rotatable bonds is 3. The Morgan fingerprint density at radius 2 is 1.71 bits per heavy atom. The van der Waals surface area contributed by atoms with Gasteiger partial charge in [-0.2, -0.15) is 0 Å². The highest BCUT2D eigenvalue weighted by Gasteiger charge is 2.07. The van der Waals surface area contributed by atoms with Crippen LogP contribution in [-0.2, 0) is 4.74 Å². The van der Waals surface area contributed by atoms with E-state index in [1.807, 2.05) is 0 Å². The molecule has 0 aliphatic rings. The summed E-state index contributed by atoms with van der Waals surface area (Å²) in [6.07, 6.45) is 0. The Kier molecular flexibility index (Phi) is 3.34. The van der Waals surface area contributed by atoms with Gasteiger partial charge in [0.15, 0.2) is 12.5 Å². The summed E-state index contributed by atoms with van der Waals surface area (Å²) in [5.41, 5.74) is 0.586. The lowest BCUT2D eigenvalue weighted by molar-refractivity contribution is 0.0600. The first-order valence-electron chi connectivity index (χ1n) is 3.96. The third-order valence-electron chi connectivity index (χ3n) is 1.75.